The van der Waals surface area contributed by atoms with Gasteiger partial charge < -0.3 is 57.4 Å². The molecule has 0 atom stereocenters. The van der Waals surface area contributed by atoms with Crippen LogP contribution in [0.4, 0.5) is 0 Å². The maximum absolute atomic E-state index is 10.4. The van der Waals surface area contributed by atoms with Gasteiger partial charge in [-0.2, -0.15) is 0 Å². The monoisotopic (exact) mass is 684 g/mol. The Morgan fingerprint density at radius 2 is 0.500 bits per heavy atom. The summed E-state index contributed by atoms with van der Waals surface area (Å²) in [6, 6.07) is 0. The van der Waals surface area contributed by atoms with E-state index in [4.69, 9.17) is 0 Å². The summed E-state index contributed by atoms with van der Waals surface area (Å²) in [5.74, 6) is 0. The predicted molar refractivity (Wildman–Crippen MR) is 43.8 cm³/mol. The van der Waals surface area contributed by atoms with Crippen LogP contribution < -0.4 is 450 Å². The first-order chi connectivity index (χ1) is 8.47. The van der Waals surface area contributed by atoms with Gasteiger partial charge in [-0.15, -0.1) is 0 Å². The minimum atomic E-state index is -6.23. The normalized spacial score (nSPS) is 10.8. The molecule has 0 aliphatic heterocycles. The molecule has 0 aliphatic carbocycles. The second-order valence-electron chi connectivity index (χ2n) is 3.07. The van der Waals surface area contributed by atoms with Gasteiger partial charge in [0.1, 0.15) is 0 Å². The summed E-state index contributed by atoms with van der Waals surface area (Å²) in [6.45, 7) is -3.64. The fraction of sp³-hybridized carbons (Fsp3) is 1.00. The average Bonchev–Trinajstić information content (AvgIpc) is 2.02. The van der Waals surface area contributed by atoms with Crippen LogP contribution in [0, 0.1) is 0 Å². The molecule has 0 aromatic carbocycles. The van der Waals surface area contributed by atoms with Crippen molar-refractivity contribution in [3.05, 3.63) is 0 Å². The van der Waals surface area contributed by atoms with Gasteiger partial charge in [-0.1, -0.05) is 0 Å². The van der Waals surface area contributed by atoms with Crippen LogP contribution in [0.25, 0.3) is 0 Å². The standard InChI is InChI=1S/C2H12N2O12P4.8K/c5-17(6,7)3(18(8,9)10)1-2-4(19(11,12)13)20(14,15)16;;;;;;;;/h1-2H2,(H2,5,6,7)(H2,8,9,10)(H2,11,12,13)(H2,14,15,16);;;;;;;;/q;8*+1/p-8. The van der Waals surface area contributed by atoms with E-state index in [1.807, 2.05) is 0 Å². The predicted octanol–water partition coefficient (Wildman–Crippen LogP) is -31.1. The largest absolute Gasteiger partial charge is 1.00 e. The molecular formula is C2H4K8N2O12P4. The molecule has 0 radical (unpaired) electrons. The van der Waals surface area contributed by atoms with Crippen molar-refractivity contribution in [1.82, 2.24) is 8.88 Å². The van der Waals surface area contributed by atoms with E-state index in [0.29, 0.717) is 0 Å². The first-order valence-electron chi connectivity index (χ1n) is 4.12. The second kappa shape index (κ2) is 30.6. The van der Waals surface area contributed by atoms with Gasteiger partial charge in [0.2, 0.25) is 0 Å². The van der Waals surface area contributed by atoms with Crippen molar-refractivity contribution in [2.45, 2.75) is 0 Å². The molecule has 0 fully saturated rings. The van der Waals surface area contributed by atoms with E-state index in [1.165, 1.54) is 0 Å². The van der Waals surface area contributed by atoms with Crippen LogP contribution in [0.3, 0.4) is 0 Å². The van der Waals surface area contributed by atoms with Crippen molar-refractivity contribution >= 4 is 31.0 Å². The van der Waals surface area contributed by atoms with Crippen molar-refractivity contribution in [2.75, 3.05) is 13.1 Å². The van der Waals surface area contributed by atoms with E-state index >= 15 is 0 Å². The van der Waals surface area contributed by atoms with E-state index in [2.05, 4.69) is 0 Å². The van der Waals surface area contributed by atoms with E-state index in [9.17, 15) is 57.4 Å². The first-order valence-corrected chi connectivity index (χ1v) is 10.1. The Kier molecular flexibility index (Phi) is 70.6. The molecular weight excluding hydrogens is 681 g/mol. The van der Waals surface area contributed by atoms with E-state index in [-0.39, 0.29) is 411 Å². The maximum Gasteiger partial charge on any atom is 1.00 e. The summed E-state index contributed by atoms with van der Waals surface area (Å²) in [4.78, 5) is 83.6. The molecule has 0 heterocycles. The number of nitrogens with zero attached hydrogens (tertiary/aromatic N) is 2. The van der Waals surface area contributed by atoms with Gasteiger partial charge in [0.25, 0.3) is 0 Å². The molecule has 26 heteroatoms. The summed E-state index contributed by atoms with van der Waals surface area (Å²) in [7, 11) is -24.9. The smallest absolute Gasteiger partial charge is 0.799 e. The maximum atomic E-state index is 10.4. The molecule has 0 unspecified atom stereocenters. The van der Waals surface area contributed by atoms with Crippen molar-refractivity contribution in [2.24, 2.45) is 0 Å². The minimum Gasteiger partial charge on any atom is -0.799 e. The van der Waals surface area contributed by atoms with Crippen LogP contribution in [-0.2, 0) is 18.3 Å². The third kappa shape index (κ3) is 32.5. The van der Waals surface area contributed by atoms with Crippen molar-refractivity contribution in [3.63, 3.8) is 0 Å². The molecule has 0 bridgehead atoms. The average molecular weight is 685 g/mol. The minimum absolute atomic E-state index is 0. The zero-order chi connectivity index (χ0) is 16.6. The Bertz CT molecular complexity index is 452. The summed E-state index contributed by atoms with van der Waals surface area (Å²) in [6.07, 6.45) is 0. The van der Waals surface area contributed by atoms with Crippen LogP contribution in [-0.4, -0.2) is 22.0 Å². The van der Waals surface area contributed by atoms with Crippen molar-refractivity contribution in [3.8, 4) is 0 Å². The molecule has 0 saturated carbocycles. The van der Waals surface area contributed by atoms with Gasteiger partial charge in [-0.25, -0.2) is 8.88 Å². The third-order valence-electron chi connectivity index (χ3n) is 1.63. The number of hydrogen-bond donors (Lipinski definition) is 0. The van der Waals surface area contributed by atoms with Gasteiger partial charge in [-0.3, -0.25) is 0 Å². The van der Waals surface area contributed by atoms with Crippen LogP contribution in [0.5, 0.6) is 0 Å². The van der Waals surface area contributed by atoms with Crippen molar-refractivity contribution < 1.29 is 468 Å². The molecule has 0 rings (SSSR count). The van der Waals surface area contributed by atoms with Gasteiger partial charge >= 0.3 is 411 Å². The molecule has 0 saturated heterocycles. The Balaban J connectivity index is -0.0000000645. The van der Waals surface area contributed by atoms with Crippen LogP contribution in [0.2, 0.25) is 0 Å². The molecule has 122 valence electrons. The molecule has 14 nitrogen and oxygen atoms in total. The topological polar surface area (TPSA) is 259 Å². The van der Waals surface area contributed by atoms with Crippen LogP contribution >= 0.6 is 31.0 Å². The molecule has 0 amide bonds. The quantitative estimate of drug-likeness (QED) is 0.178. The Hall–Kier alpha value is 13.6. The fourth-order valence-electron chi connectivity index (χ4n) is 0.937. The molecule has 0 aliphatic rings. The number of rotatable bonds is 7. The third-order valence-corrected chi connectivity index (χ3v) is 7.32. The summed E-state index contributed by atoms with van der Waals surface area (Å²) in [5, 5.41) is 0. The van der Waals surface area contributed by atoms with E-state index in [1.54, 1.807) is 0 Å². The van der Waals surface area contributed by atoms with Crippen LogP contribution in [0.1, 0.15) is 0 Å². The van der Waals surface area contributed by atoms with Gasteiger partial charge in [0, 0.05) is 44.1 Å². The molecule has 0 aromatic rings. The molecule has 0 aromatic heterocycles. The van der Waals surface area contributed by atoms with Crippen molar-refractivity contribution in [1.29, 1.82) is 0 Å². The van der Waals surface area contributed by atoms with E-state index in [0.717, 1.165) is 0 Å². The van der Waals surface area contributed by atoms with Gasteiger partial charge in [0.05, 0.1) is 0 Å². The Morgan fingerprint density at radius 1 is 0.393 bits per heavy atom. The molecule has 0 spiro atoms. The number of hydrogen-bond acceptors (Lipinski definition) is 12. The van der Waals surface area contributed by atoms with Gasteiger partial charge in [-0.05, 0) is 0 Å². The summed E-state index contributed by atoms with van der Waals surface area (Å²) < 4.78 is 39.2. The van der Waals surface area contributed by atoms with E-state index < -0.39 is 53.0 Å². The Morgan fingerprint density at radius 3 is 0.571 bits per heavy atom. The molecule has 28 heavy (non-hydrogen) atoms. The zero-order valence-electron chi connectivity index (χ0n) is 17.0. The second-order valence-corrected chi connectivity index (χ2v) is 9.38. The van der Waals surface area contributed by atoms with Crippen LogP contribution in [0.15, 0.2) is 0 Å². The molecule has 0 N–H and O–H groups in total. The summed E-state index contributed by atoms with van der Waals surface area (Å²) >= 11 is 0. The van der Waals surface area contributed by atoms with Gasteiger partial charge in [0.15, 0.2) is 0 Å². The SMILES string of the molecule is O=P([O-])([O-])N(CCN(P(=O)([O-])[O-])P(=O)([O-])[O-])P(=O)([O-])[O-].[K+].[K+].[K+].[K+].[K+].[K+].[K+].[K+]. The zero-order valence-corrected chi connectivity index (χ0v) is 45.6. The fourth-order valence-corrected chi connectivity index (χ4v) is 4.42. The Labute approximate surface area is 502 Å². The first kappa shape index (κ1) is 64.5. The summed E-state index contributed by atoms with van der Waals surface area (Å²) in [5.41, 5.74) is 0.